The molecule has 1 aromatic carbocycles. The van der Waals surface area contributed by atoms with Crippen LogP contribution in [0.1, 0.15) is 72.4 Å². The van der Waals surface area contributed by atoms with E-state index in [4.69, 9.17) is 15.2 Å². The number of carbonyl (C=O) groups excluding carboxylic acids is 2. The van der Waals surface area contributed by atoms with Crippen molar-refractivity contribution in [3.8, 4) is 0 Å². The minimum atomic E-state index is -0.877. The molecule has 0 fully saturated rings. The van der Waals surface area contributed by atoms with Gasteiger partial charge in [-0.2, -0.15) is 0 Å². The molecule has 0 radical (unpaired) electrons. The zero-order valence-electron chi connectivity index (χ0n) is 17.8. The number of nitrogens with two attached hydrogens (primary N) is 1. The molecule has 3 N–H and O–H groups in total. The molecule has 0 unspecified atom stereocenters. The van der Waals surface area contributed by atoms with Crippen LogP contribution in [-0.4, -0.2) is 29.3 Å². The highest BCUT2D eigenvalue weighted by Gasteiger charge is 2.29. The number of benzene rings is 1. The highest BCUT2D eigenvalue weighted by atomic mass is 16.6. The van der Waals surface area contributed by atoms with Crippen molar-refractivity contribution in [3.63, 3.8) is 0 Å². The number of alkyl carbamates (subject to hydrolysis) is 1. The lowest BCUT2D eigenvalue weighted by Gasteiger charge is -2.27. The van der Waals surface area contributed by atoms with Crippen LogP contribution in [0, 0.1) is 0 Å². The molecule has 0 saturated heterocycles. The van der Waals surface area contributed by atoms with Gasteiger partial charge in [-0.05, 0) is 70.7 Å². The van der Waals surface area contributed by atoms with Crippen LogP contribution >= 0.6 is 0 Å². The van der Waals surface area contributed by atoms with Gasteiger partial charge in [-0.1, -0.05) is 19.9 Å². The van der Waals surface area contributed by atoms with Crippen LogP contribution in [-0.2, 0) is 20.7 Å². The molecule has 0 aliphatic heterocycles. The van der Waals surface area contributed by atoms with Gasteiger partial charge in [0.05, 0.1) is 0 Å². The molecule has 0 saturated carbocycles. The van der Waals surface area contributed by atoms with Gasteiger partial charge in [-0.3, -0.25) is 0 Å². The van der Waals surface area contributed by atoms with Gasteiger partial charge in [0.2, 0.25) is 0 Å². The molecule has 0 spiro atoms. The molecule has 0 bridgehead atoms. The van der Waals surface area contributed by atoms with Crippen molar-refractivity contribution in [3.05, 3.63) is 29.3 Å². The Morgan fingerprint density at radius 2 is 1.59 bits per heavy atom. The first-order valence-corrected chi connectivity index (χ1v) is 9.28. The van der Waals surface area contributed by atoms with E-state index in [2.05, 4.69) is 19.2 Å². The van der Waals surface area contributed by atoms with E-state index in [1.165, 1.54) is 0 Å². The van der Waals surface area contributed by atoms with E-state index >= 15 is 0 Å². The molecule has 1 rings (SSSR count). The molecule has 1 amide bonds. The first-order chi connectivity index (χ1) is 12.2. The highest BCUT2D eigenvalue weighted by molar-refractivity contribution is 5.82. The molecule has 27 heavy (non-hydrogen) atoms. The number of hydrogen-bond donors (Lipinski definition) is 2. The second-order valence-electron chi connectivity index (χ2n) is 9.05. The maximum Gasteiger partial charge on any atom is 0.408 e. The molecular formula is C21H34N2O4. The SMILES string of the molecule is CC(C)c1ccc(N)cc1C[C@H](NC(=O)OC(C)(C)C)C(=O)OC(C)(C)C. The number of nitrogen functional groups attached to an aromatic ring is 1. The van der Waals surface area contributed by atoms with E-state index in [1.807, 2.05) is 18.2 Å². The number of rotatable bonds is 5. The summed E-state index contributed by atoms with van der Waals surface area (Å²) in [6.07, 6.45) is -0.388. The molecule has 0 aromatic heterocycles. The molecule has 6 nitrogen and oxygen atoms in total. The molecular weight excluding hydrogens is 344 g/mol. The molecule has 1 atom stereocenters. The highest BCUT2D eigenvalue weighted by Crippen LogP contribution is 2.24. The van der Waals surface area contributed by atoms with Crippen molar-refractivity contribution >= 4 is 17.7 Å². The molecule has 6 heteroatoms. The number of nitrogens with one attached hydrogen (secondary N) is 1. The Balaban J connectivity index is 3.13. The minimum Gasteiger partial charge on any atom is -0.458 e. The van der Waals surface area contributed by atoms with Gasteiger partial charge >= 0.3 is 12.1 Å². The molecule has 152 valence electrons. The number of anilines is 1. The summed E-state index contributed by atoms with van der Waals surface area (Å²) in [6, 6.07) is 4.75. The van der Waals surface area contributed by atoms with Gasteiger partial charge < -0.3 is 20.5 Å². The van der Waals surface area contributed by atoms with Crippen molar-refractivity contribution in [1.29, 1.82) is 0 Å². The van der Waals surface area contributed by atoms with Crippen molar-refractivity contribution in [2.45, 2.75) is 85.0 Å². The second kappa shape index (κ2) is 8.63. The molecule has 1 aromatic rings. The van der Waals surface area contributed by atoms with Gasteiger partial charge in [0.15, 0.2) is 0 Å². The lowest BCUT2D eigenvalue weighted by molar-refractivity contribution is -0.157. The third-order valence-corrected chi connectivity index (χ3v) is 3.60. The average Bonchev–Trinajstić information content (AvgIpc) is 2.42. The van der Waals surface area contributed by atoms with Gasteiger partial charge in [0, 0.05) is 12.1 Å². The first-order valence-electron chi connectivity index (χ1n) is 9.28. The normalized spacial score (nSPS) is 13.2. The van der Waals surface area contributed by atoms with Crippen molar-refractivity contribution < 1.29 is 19.1 Å². The van der Waals surface area contributed by atoms with E-state index in [-0.39, 0.29) is 12.3 Å². The summed E-state index contributed by atoms with van der Waals surface area (Å²) >= 11 is 0. The van der Waals surface area contributed by atoms with E-state index < -0.39 is 29.3 Å². The Labute approximate surface area is 162 Å². The lowest BCUT2D eigenvalue weighted by atomic mass is 9.92. The molecule has 0 heterocycles. The van der Waals surface area contributed by atoms with Crippen LogP contribution in [0.15, 0.2) is 18.2 Å². The van der Waals surface area contributed by atoms with Gasteiger partial charge in [-0.15, -0.1) is 0 Å². The van der Waals surface area contributed by atoms with Crippen LogP contribution in [0.25, 0.3) is 0 Å². The van der Waals surface area contributed by atoms with E-state index in [9.17, 15) is 9.59 Å². The summed E-state index contributed by atoms with van der Waals surface area (Å²) in [4.78, 5) is 25.0. The van der Waals surface area contributed by atoms with Crippen molar-refractivity contribution in [2.24, 2.45) is 0 Å². The standard InChI is InChI=1S/C21H34N2O4/c1-13(2)16-10-9-15(22)11-14(16)12-17(18(24)26-20(3,4)5)23-19(25)27-21(6,7)8/h9-11,13,17H,12,22H2,1-8H3,(H,23,25)/t17-/m0/s1. The summed E-state index contributed by atoms with van der Waals surface area (Å²) in [5.74, 6) is -0.257. The van der Waals surface area contributed by atoms with Crippen LogP contribution in [0.3, 0.4) is 0 Å². The summed E-state index contributed by atoms with van der Waals surface area (Å²) in [6.45, 7) is 14.8. The number of amides is 1. The second-order valence-corrected chi connectivity index (χ2v) is 9.05. The monoisotopic (exact) mass is 378 g/mol. The Bertz CT molecular complexity index is 670. The van der Waals surface area contributed by atoms with Gasteiger partial charge in [-0.25, -0.2) is 9.59 Å². The maximum atomic E-state index is 12.7. The Hall–Kier alpha value is -2.24. The predicted octanol–water partition coefficient (Wildman–Crippen LogP) is 4.17. The third-order valence-electron chi connectivity index (χ3n) is 3.60. The predicted molar refractivity (Wildman–Crippen MR) is 108 cm³/mol. The average molecular weight is 379 g/mol. The number of hydrogen-bond acceptors (Lipinski definition) is 5. The number of carbonyl (C=O) groups is 2. The molecule has 0 aliphatic carbocycles. The Morgan fingerprint density at radius 1 is 1.04 bits per heavy atom. The quantitative estimate of drug-likeness (QED) is 0.593. The minimum absolute atomic E-state index is 0.251. The van der Waals surface area contributed by atoms with Crippen molar-refractivity contribution in [2.75, 3.05) is 5.73 Å². The topological polar surface area (TPSA) is 90.6 Å². The summed E-state index contributed by atoms with van der Waals surface area (Å²) in [5, 5.41) is 2.65. The number of ether oxygens (including phenoxy) is 2. The third kappa shape index (κ3) is 8.33. The van der Waals surface area contributed by atoms with E-state index in [1.54, 1.807) is 41.5 Å². The molecule has 0 aliphatic rings. The van der Waals surface area contributed by atoms with Crippen LogP contribution in [0.5, 0.6) is 0 Å². The fourth-order valence-electron chi connectivity index (χ4n) is 2.60. The first kappa shape index (κ1) is 22.8. The lowest BCUT2D eigenvalue weighted by Crippen LogP contribution is -2.47. The van der Waals surface area contributed by atoms with E-state index in [0.717, 1.165) is 11.1 Å². The van der Waals surface area contributed by atoms with Gasteiger partial charge in [0.25, 0.3) is 0 Å². The fraction of sp³-hybridized carbons (Fsp3) is 0.619. The summed E-state index contributed by atoms with van der Waals surface area (Å²) in [7, 11) is 0. The fourth-order valence-corrected chi connectivity index (χ4v) is 2.60. The Kier molecular flexibility index (Phi) is 7.29. The van der Waals surface area contributed by atoms with Crippen LogP contribution < -0.4 is 11.1 Å². The van der Waals surface area contributed by atoms with E-state index in [0.29, 0.717) is 5.69 Å². The zero-order valence-corrected chi connectivity index (χ0v) is 17.8. The largest absolute Gasteiger partial charge is 0.458 e. The summed E-state index contributed by atoms with van der Waals surface area (Å²) in [5.41, 5.74) is 7.19. The maximum absolute atomic E-state index is 12.7. The van der Waals surface area contributed by atoms with Gasteiger partial charge in [0.1, 0.15) is 17.2 Å². The summed E-state index contributed by atoms with van der Waals surface area (Å²) < 4.78 is 10.8. The zero-order chi connectivity index (χ0) is 21.0. The van der Waals surface area contributed by atoms with Crippen molar-refractivity contribution in [1.82, 2.24) is 5.32 Å². The number of esters is 1. The smallest absolute Gasteiger partial charge is 0.408 e. The van der Waals surface area contributed by atoms with Crippen LogP contribution in [0.4, 0.5) is 10.5 Å². The Morgan fingerprint density at radius 3 is 2.07 bits per heavy atom. The van der Waals surface area contributed by atoms with Crippen LogP contribution in [0.2, 0.25) is 0 Å².